The minimum Gasteiger partial charge on any atom is -0.375 e. The Morgan fingerprint density at radius 3 is 2.92 bits per heavy atom. The Kier molecular flexibility index (Phi) is 1.66. The monoisotopic (exact) mass is 202 g/mol. The summed E-state index contributed by atoms with van der Waals surface area (Å²) >= 11 is 6.98. The highest BCUT2D eigenvalue weighted by Gasteiger charge is 2.09. The molecule has 0 bridgehead atoms. The molecule has 12 heavy (non-hydrogen) atoms. The second kappa shape index (κ2) is 2.57. The Balaban J connectivity index is 2.93. The lowest BCUT2D eigenvalue weighted by atomic mass is 10.3. The van der Waals surface area contributed by atoms with Gasteiger partial charge in [0.1, 0.15) is 11.3 Å². The molecule has 0 unspecified atom stereocenters. The summed E-state index contributed by atoms with van der Waals surface area (Å²) in [6, 6.07) is 2.78. The van der Waals surface area contributed by atoms with Gasteiger partial charge >= 0.3 is 0 Å². The van der Waals surface area contributed by atoms with Crippen LogP contribution in [0.25, 0.3) is 10.2 Å². The van der Waals surface area contributed by atoms with Crippen LogP contribution >= 0.6 is 22.9 Å². The number of fused-ring (bicyclic) bond motifs is 1. The van der Waals surface area contributed by atoms with E-state index in [0.717, 1.165) is 0 Å². The van der Waals surface area contributed by atoms with Crippen LogP contribution in [0.5, 0.6) is 0 Å². The third-order valence-electron chi connectivity index (χ3n) is 1.46. The minimum absolute atomic E-state index is 0.255. The second-order valence-corrected chi connectivity index (χ2v) is 3.70. The molecule has 5 heteroatoms. The zero-order chi connectivity index (χ0) is 8.72. The number of nitrogen functional groups attached to an aromatic ring is 1. The Bertz CT molecular complexity index is 401. The fourth-order valence-corrected chi connectivity index (χ4v) is 1.98. The number of nitrogens with two attached hydrogens (primary N) is 1. The quantitative estimate of drug-likeness (QED) is 0.714. The predicted octanol–water partition coefficient (Wildman–Crippen LogP) is 2.67. The van der Waals surface area contributed by atoms with E-state index in [2.05, 4.69) is 4.98 Å². The standard InChI is InChI=1S/C7H4ClFN2S/c8-3-1-2-4(9)5-6(3)12-7(10)11-5/h1-2H,(H2,10,11). The molecule has 2 aromatic rings. The van der Waals surface area contributed by atoms with Crippen LogP contribution in [-0.4, -0.2) is 4.98 Å². The van der Waals surface area contributed by atoms with Gasteiger partial charge < -0.3 is 5.73 Å². The Labute approximate surface area is 76.8 Å². The van der Waals surface area contributed by atoms with Crippen molar-refractivity contribution in [2.24, 2.45) is 0 Å². The summed E-state index contributed by atoms with van der Waals surface area (Å²) < 4.78 is 13.6. The van der Waals surface area contributed by atoms with Gasteiger partial charge in [-0.3, -0.25) is 0 Å². The average Bonchev–Trinajstić information content (AvgIpc) is 2.41. The van der Waals surface area contributed by atoms with Crippen molar-refractivity contribution < 1.29 is 4.39 Å². The van der Waals surface area contributed by atoms with Gasteiger partial charge in [-0.1, -0.05) is 22.9 Å². The molecular formula is C7H4ClFN2S. The number of halogens is 2. The number of thiazole rings is 1. The summed E-state index contributed by atoms with van der Waals surface area (Å²) in [5.74, 6) is -0.387. The number of hydrogen-bond acceptors (Lipinski definition) is 3. The van der Waals surface area contributed by atoms with Crippen molar-refractivity contribution in [1.82, 2.24) is 4.98 Å². The van der Waals surface area contributed by atoms with Gasteiger partial charge in [0.2, 0.25) is 0 Å². The molecule has 0 saturated carbocycles. The van der Waals surface area contributed by atoms with E-state index in [1.54, 1.807) is 0 Å². The maximum absolute atomic E-state index is 13.0. The topological polar surface area (TPSA) is 38.9 Å². The number of anilines is 1. The highest BCUT2D eigenvalue weighted by Crippen LogP contribution is 2.31. The van der Waals surface area contributed by atoms with E-state index in [9.17, 15) is 4.39 Å². The largest absolute Gasteiger partial charge is 0.375 e. The third kappa shape index (κ3) is 1.04. The molecule has 0 saturated heterocycles. The SMILES string of the molecule is Nc1nc2c(F)ccc(Cl)c2s1. The van der Waals surface area contributed by atoms with Crippen molar-refractivity contribution in [3.63, 3.8) is 0 Å². The van der Waals surface area contributed by atoms with Crippen molar-refractivity contribution in [3.8, 4) is 0 Å². The molecule has 0 aliphatic carbocycles. The van der Waals surface area contributed by atoms with Crippen LogP contribution in [0.3, 0.4) is 0 Å². The molecule has 0 spiro atoms. The van der Waals surface area contributed by atoms with E-state index < -0.39 is 0 Å². The second-order valence-electron chi connectivity index (χ2n) is 2.26. The van der Waals surface area contributed by atoms with Gasteiger partial charge in [-0.15, -0.1) is 0 Å². The van der Waals surface area contributed by atoms with Gasteiger partial charge in [0.05, 0.1) is 9.72 Å². The number of aromatic nitrogens is 1. The van der Waals surface area contributed by atoms with E-state index in [4.69, 9.17) is 17.3 Å². The smallest absolute Gasteiger partial charge is 0.181 e. The van der Waals surface area contributed by atoms with Gasteiger partial charge in [-0.2, -0.15) is 0 Å². The number of nitrogens with zero attached hydrogens (tertiary/aromatic N) is 1. The molecule has 0 radical (unpaired) electrons. The minimum atomic E-state index is -0.387. The van der Waals surface area contributed by atoms with Crippen molar-refractivity contribution in [2.45, 2.75) is 0 Å². The fourth-order valence-electron chi connectivity index (χ4n) is 0.961. The first kappa shape index (κ1) is 7.76. The number of rotatable bonds is 0. The van der Waals surface area contributed by atoms with Gasteiger partial charge in [0.25, 0.3) is 0 Å². The Hall–Kier alpha value is -0.870. The van der Waals surface area contributed by atoms with Gasteiger partial charge in [-0.25, -0.2) is 9.37 Å². The maximum Gasteiger partial charge on any atom is 0.181 e. The molecule has 0 atom stereocenters. The molecule has 2 nitrogen and oxygen atoms in total. The molecule has 0 fully saturated rings. The summed E-state index contributed by atoms with van der Waals surface area (Å²) in [6.07, 6.45) is 0. The molecule has 2 N–H and O–H groups in total. The number of benzene rings is 1. The van der Waals surface area contributed by atoms with E-state index in [-0.39, 0.29) is 11.3 Å². The van der Waals surface area contributed by atoms with Crippen molar-refractivity contribution in [3.05, 3.63) is 23.0 Å². The Morgan fingerprint density at radius 2 is 2.25 bits per heavy atom. The molecule has 1 aromatic heterocycles. The Morgan fingerprint density at radius 1 is 1.50 bits per heavy atom. The van der Waals surface area contributed by atoms with Crippen LogP contribution in [0.15, 0.2) is 12.1 Å². The highest BCUT2D eigenvalue weighted by molar-refractivity contribution is 7.22. The van der Waals surface area contributed by atoms with Gasteiger partial charge in [0, 0.05) is 0 Å². The van der Waals surface area contributed by atoms with Crippen molar-refractivity contribution in [1.29, 1.82) is 0 Å². The first-order valence-corrected chi connectivity index (χ1v) is 4.38. The van der Waals surface area contributed by atoms with Crippen LogP contribution < -0.4 is 5.73 Å². The first-order valence-electron chi connectivity index (χ1n) is 3.18. The summed E-state index contributed by atoms with van der Waals surface area (Å²) in [6.45, 7) is 0. The lowest BCUT2D eigenvalue weighted by molar-refractivity contribution is 0.637. The summed E-state index contributed by atoms with van der Waals surface area (Å²) in [4.78, 5) is 3.81. The van der Waals surface area contributed by atoms with Crippen LogP contribution in [0.1, 0.15) is 0 Å². The fraction of sp³-hybridized carbons (Fsp3) is 0. The van der Waals surface area contributed by atoms with Crippen LogP contribution in [0.2, 0.25) is 5.02 Å². The number of hydrogen-bond donors (Lipinski definition) is 1. The lowest BCUT2D eigenvalue weighted by Gasteiger charge is -1.91. The molecule has 0 amide bonds. The summed E-state index contributed by atoms with van der Waals surface area (Å²) in [5, 5.41) is 0.817. The molecule has 62 valence electrons. The van der Waals surface area contributed by atoms with Crippen LogP contribution in [-0.2, 0) is 0 Å². The molecule has 1 heterocycles. The summed E-state index contributed by atoms with van der Waals surface area (Å²) in [5.41, 5.74) is 5.67. The van der Waals surface area contributed by atoms with E-state index in [1.165, 1.54) is 23.5 Å². The van der Waals surface area contributed by atoms with E-state index >= 15 is 0 Å². The third-order valence-corrected chi connectivity index (χ3v) is 2.81. The average molecular weight is 203 g/mol. The molecule has 2 rings (SSSR count). The van der Waals surface area contributed by atoms with Crippen molar-refractivity contribution in [2.75, 3.05) is 5.73 Å². The molecule has 0 aliphatic rings. The zero-order valence-corrected chi connectivity index (χ0v) is 7.42. The molecular weight excluding hydrogens is 199 g/mol. The summed E-state index contributed by atoms with van der Waals surface area (Å²) in [7, 11) is 0. The lowest BCUT2D eigenvalue weighted by Crippen LogP contribution is -1.81. The van der Waals surface area contributed by atoms with E-state index in [0.29, 0.717) is 14.9 Å². The normalized spacial score (nSPS) is 10.8. The van der Waals surface area contributed by atoms with Crippen molar-refractivity contribution >= 4 is 38.3 Å². The molecule has 1 aromatic carbocycles. The van der Waals surface area contributed by atoms with Gasteiger partial charge in [0.15, 0.2) is 5.13 Å². The predicted molar refractivity (Wildman–Crippen MR) is 49.0 cm³/mol. The zero-order valence-electron chi connectivity index (χ0n) is 5.84. The molecule has 0 aliphatic heterocycles. The van der Waals surface area contributed by atoms with Gasteiger partial charge in [-0.05, 0) is 12.1 Å². The van der Waals surface area contributed by atoms with Crippen LogP contribution in [0.4, 0.5) is 9.52 Å². The van der Waals surface area contributed by atoms with E-state index in [1.807, 2.05) is 0 Å². The first-order chi connectivity index (χ1) is 5.68. The van der Waals surface area contributed by atoms with Crippen LogP contribution in [0, 0.1) is 5.82 Å². The highest BCUT2D eigenvalue weighted by atomic mass is 35.5. The maximum atomic E-state index is 13.0.